The number of carboxylic acids is 4. The smallest absolute Gasteiger partial charge is 0.326 e. The molecule has 48 heteroatoms. The Morgan fingerprint density at radius 3 is 1.13 bits per heavy atom. The van der Waals surface area contributed by atoms with E-state index in [-0.39, 0.29) is 69.5 Å². The van der Waals surface area contributed by atoms with Crippen molar-refractivity contribution < 1.29 is 131 Å². The van der Waals surface area contributed by atoms with Crippen LogP contribution in [0.1, 0.15) is 163 Å². The van der Waals surface area contributed by atoms with Gasteiger partial charge in [-0.2, -0.15) is 0 Å². The third kappa shape index (κ3) is 40.7. The SMILES string of the molecule is CC(C)C[C@H](NC(=O)[C@H](C)NC(=O)[C@H](CCCCN)NC(=O)[C@H](CO)NC(=O)[C@H](CCC(=O)O)NC(=O)[C@H](CC(C)C)NC(=O)[C@@H](NC(=O)[C@H](Cc1c[nH]cn1)NC(=O)[C@@H](N)CCC(=O)O)[C@@H](C)O)C(=O)N[C@@H](C)C(=O)N[C@@H](Cc1ccccc1)C(=O)N[C@@H](C)C(=O)N[C@@H](CCC(N)=O)C(=O)N[C@@H](CCC(N)=O)C(=O)N[C@@H](C)C(=O)N[C@@H](CC(=O)O)C(=O)O. The van der Waals surface area contributed by atoms with Crippen molar-refractivity contribution in [1.29, 1.82) is 0 Å². The van der Waals surface area contributed by atoms with Gasteiger partial charge >= 0.3 is 23.9 Å². The maximum Gasteiger partial charge on any atom is 0.326 e. The van der Waals surface area contributed by atoms with Crippen molar-refractivity contribution in [2.24, 2.45) is 34.8 Å². The molecule has 124 heavy (non-hydrogen) atoms. The molecule has 0 aliphatic heterocycles. The van der Waals surface area contributed by atoms with Crippen LogP contribution in [0.4, 0.5) is 0 Å². The molecule has 2 aromatic rings. The number of carbonyl (C=O) groups is 21. The van der Waals surface area contributed by atoms with Gasteiger partial charge in [-0.1, -0.05) is 58.0 Å². The van der Waals surface area contributed by atoms with Crippen molar-refractivity contribution in [3.63, 3.8) is 0 Å². The van der Waals surface area contributed by atoms with E-state index in [4.69, 9.17) is 33.1 Å². The maximum atomic E-state index is 14.2. The Morgan fingerprint density at radius 2 is 0.726 bits per heavy atom. The van der Waals surface area contributed by atoms with Gasteiger partial charge in [0.2, 0.25) is 100 Å². The fourth-order valence-electron chi connectivity index (χ4n) is 11.7. The number of benzene rings is 1. The number of rotatable bonds is 59. The molecule has 0 aliphatic rings. The van der Waals surface area contributed by atoms with Crippen LogP contribution in [0, 0.1) is 11.8 Å². The van der Waals surface area contributed by atoms with Gasteiger partial charge in [-0.25, -0.2) is 9.78 Å². The molecule has 17 amide bonds. The normalized spacial score (nSPS) is 15.2. The standard InChI is InChI=1S/C76H119N21O27/c1-35(2)27-49(70(117)85-39(7)63(110)92-51(29-42-15-11-10-12-16-42)71(118)86-37(5)61(108)87-47(20-23-56(80)101)68(115)89-46(19-22-55(79)100)67(114)84-40(8)64(111)95-53(76(123)124)31-59(106)107)91-62(109)38(6)83-66(113)45(17-13-14-26-77)88-74(121)54(33-98)96-69(116)48(21-25-58(104)105)90-72(119)50(28-36(3)4)94-75(122)60(41(9)99)97-73(120)52(30-43-32-81-34-82-43)93-65(112)44(78)18-24-57(102)103/h10-12,15-16,32,34-41,44-54,60,98-99H,13-14,17-31,33,77-78H2,1-9H3,(H2,79,100)(H2,80,101)(H,81,82)(H,83,113)(H,84,114)(H,85,117)(H,86,118)(H,87,108)(H,88,121)(H,89,115)(H,90,119)(H,91,109)(H,92,110)(H,93,112)(H,94,122)(H,95,111)(H,96,116)(H,97,120)(H,102,103)(H,104,105)(H,106,107)(H,123,124)/t37-,38-,39-,40-,41+,44-,45-,46-,47-,48-,49-,50-,51-,52-,53-,54-,60-/m0/s1. The topological polar surface area (TPSA) is 793 Å². The summed E-state index contributed by atoms with van der Waals surface area (Å²) in [6.45, 7) is 11.4. The average molecular weight is 1760 g/mol. The molecule has 0 saturated carbocycles. The highest BCUT2D eigenvalue weighted by molar-refractivity contribution is 6.01. The molecule has 48 nitrogen and oxygen atoms in total. The van der Waals surface area contributed by atoms with E-state index in [2.05, 4.69) is 84.4 Å². The lowest BCUT2D eigenvalue weighted by Gasteiger charge is -2.29. The number of H-pyrrole nitrogens is 1. The van der Waals surface area contributed by atoms with Crippen molar-refractivity contribution in [1.82, 2.24) is 89.7 Å². The quantitative estimate of drug-likeness (QED) is 0.0274. The van der Waals surface area contributed by atoms with E-state index in [1.165, 1.54) is 33.3 Å². The highest BCUT2D eigenvalue weighted by Crippen LogP contribution is 2.14. The summed E-state index contributed by atoms with van der Waals surface area (Å²) in [5.41, 5.74) is 23.0. The Balaban J connectivity index is 2.35. The fraction of sp³-hybridized carbons (Fsp3) is 0.605. The first-order valence-corrected chi connectivity index (χ1v) is 39.8. The summed E-state index contributed by atoms with van der Waals surface area (Å²) < 4.78 is 0. The number of primary amides is 2. The summed E-state index contributed by atoms with van der Waals surface area (Å²) >= 11 is 0. The van der Waals surface area contributed by atoms with E-state index >= 15 is 0 Å². The monoisotopic (exact) mass is 1760 g/mol. The minimum absolute atomic E-state index is 0.0800. The number of hydrogen-bond acceptors (Lipinski definition) is 26. The summed E-state index contributed by atoms with van der Waals surface area (Å²) in [5, 5.41) is 93.9. The van der Waals surface area contributed by atoms with Gasteiger partial charge in [0.05, 0.1) is 37.2 Å². The second-order valence-corrected chi connectivity index (χ2v) is 30.4. The van der Waals surface area contributed by atoms with Crippen molar-refractivity contribution in [3.8, 4) is 0 Å². The molecule has 0 fully saturated rings. The molecule has 1 heterocycles. The minimum Gasteiger partial charge on any atom is -0.481 e. The lowest BCUT2D eigenvalue weighted by molar-refractivity contribution is -0.147. The highest BCUT2D eigenvalue weighted by atomic mass is 16.4. The van der Waals surface area contributed by atoms with Crippen LogP contribution in [0.25, 0.3) is 0 Å². The number of amides is 17. The number of aliphatic carboxylic acids is 4. The van der Waals surface area contributed by atoms with Crippen LogP contribution in [0.3, 0.4) is 0 Å². The summed E-state index contributed by atoms with van der Waals surface area (Å²) in [4.78, 5) is 284. The van der Waals surface area contributed by atoms with Crippen LogP contribution in [0.15, 0.2) is 42.9 Å². The molecular weight excluding hydrogens is 1640 g/mol. The first-order chi connectivity index (χ1) is 58.1. The first-order valence-electron chi connectivity index (χ1n) is 39.8. The van der Waals surface area contributed by atoms with Crippen LogP contribution < -0.4 is 103 Å². The van der Waals surface area contributed by atoms with Crippen molar-refractivity contribution in [3.05, 3.63) is 54.1 Å². The Morgan fingerprint density at radius 1 is 0.379 bits per heavy atom. The lowest BCUT2D eigenvalue weighted by atomic mass is 10.0. The Bertz CT molecular complexity index is 4020. The van der Waals surface area contributed by atoms with Gasteiger partial charge in [-0.3, -0.25) is 95.9 Å². The minimum atomic E-state index is -1.94. The van der Waals surface area contributed by atoms with Gasteiger partial charge in [0, 0.05) is 44.7 Å². The third-order valence-corrected chi connectivity index (χ3v) is 18.6. The number of carboxylic acid groups (broad SMARTS) is 4. The molecule has 0 radical (unpaired) electrons. The van der Waals surface area contributed by atoms with Crippen molar-refractivity contribution in [2.45, 2.75) is 268 Å². The molecule has 2 rings (SSSR count). The maximum absolute atomic E-state index is 14.2. The first kappa shape index (κ1) is 107. The van der Waals surface area contributed by atoms with E-state index in [1.807, 2.05) is 5.32 Å². The van der Waals surface area contributed by atoms with Gasteiger partial charge in [-0.15, -0.1) is 0 Å². The molecule has 1 aromatic heterocycles. The second kappa shape index (κ2) is 54.5. The van der Waals surface area contributed by atoms with Crippen LogP contribution in [-0.2, 0) is 114 Å². The molecule has 0 spiro atoms. The number of aliphatic hydroxyl groups is 2. The van der Waals surface area contributed by atoms with Gasteiger partial charge in [0.25, 0.3) is 0 Å². The van der Waals surface area contributed by atoms with Crippen LogP contribution in [0.5, 0.6) is 0 Å². The zero-order valence-electron chi connectivity index (χ0n) is 70.3. The largest absolute Gasteiger partial charge is 0.481 e. The number of aromatic amines is 1. The van der Waals surface area contributed by atoms with Crippen LogP contribution in [-0.4, -0.2) is 281 Å². The molecule has 0 aliphatic carbocycles. The van der Waals surface area contributed by atoms with Gasteiger partial charge in [0.1, 0.15) is 90.6 Å². The van der Waals surface area contributed by atoms with Gasteiger partial charge < -0.3 is 138 Å². The summed E-state index contributed by atoms with van der Waals surface area (Å²) in [6, 6.07) is -18.1. The molecule has 17 atom stereocenters. The van der Waals surface area contributed by atoms with Gasteiger partial charge in [-0.05, 0) is 116 Å². The van der Waals surface area contributed by atoms with Crippen LogP contribution >= 0.6 is 0 Å². The number of nitrogens with one attached hydrogen (secondary N) is 16. The Hall–Kier alpha value is -12.9. The Kier molecular flexibility index (Phi) is 47.1. The number of imidazole rings is 1. The number of nitrogens with zero attached hydrogens (tertiary/aromatic N) is 1. The second-order valence-electron chi connectivity index (χ2n) is 30.4. The molecular formula is C76H119N21O27. The van der Waals surface area contributed by atoms with E-state index in [0.29, 0.717) is 5.56 Å². The molecule has 0 bridgehead atoms. The zero-order chi connectivity index (χ0) is 93.9. The number of aromatic nitrogens is 2. The lowest BCUT2D eigenvalue weighted by Crippen LogP contribution is -2.62. The number of nitrogens with two attached hydrogens (primary N) is 4. The Labute approximate surface area is 712 Å². The molecule has 0 unspecified atom stereocenters. The predicted octanol–water partition coefficient (Wildman–Crippen LogP) is -8.71. The van der Waals surface area contributed by atoms with E-state index in [9.17, 15) is 121 Å². The molecule has 690 valence electrons. The molecule has 30 N–H and O–H groups in total. The number of carbonyl (C=O) groups excluding carboxylic acids is 17. The van der Waals surface area contributed by atoms with E-state index in [0.717, 1.165) is 13.8 Å². The fourth-order valence-corrected chi connectivity index (χ4v) is 11.7. The highest BCUT2D eigenvalue weighted by Gasteiger charge is 2.39. The van der Waals surface area contributed by atoms with E-state index in [1.54, 1.807) is 58.0 Å². The van der Waals surface area contributed by atoms with E-state index < -0.39 is 291 Å². The zero-order valence-corrected chi connectivity index (χ0v) is 70.3. The number of aliphatic hydroxyl groups excluding tert-OH is 2. The summed E-state index contributed by atoms with van der Waals surface area (Å²) in [5.74, 6) is -24.9. The van der Waals surface area contributed by atoms with Crippen molar-refractivity contribution >= 4 is 124 Å². The predicted molar refractivity (Wildman–Crippen MR) is 433 cm³/mol. The van der Waals surface area contributed by atoms with Crippen LogP contribution in [0.2, 0.25) is 0 Å². The number of unbranched alkanes of at least 4 members (excludes halogenated alkanes) is 1. The van der Waals surface area contributed by atoms with Gasteiger partial charge in [0.15, 0.2) is 0 Å². The number of hydrogen-bond donors (Lipinski definition) is 26. The summed E-state index contributed by atoms with van der Waals surface area (Å²) in [6.07, 6.45) is -5.01. The summed E-state index contributed by atoms with van der Waals surface area (Å²) in [7, 11) is 0. The third-order valence-electron chi connectivity index (χ3n) is 18.6. The molecule has 1 aromatic carbocycles. The molecule has 0 saturated heterocycles. The average Bonchev–Trinajstić information content (AvgIpc) is 1.76. The van der Waals surface area contributed by atoms with Crippen molar-refractivity contribution in [2.75, 3.05) is 13.2 Å².